The molecule has 0 saturated carbocycles. The summed E-state index contributed by atoms with van der Waals surface area (Å²) in [5.41, 5.74) is 4.86. The van der Waals surface area contributed by atoms with E-state index in [0.717, 1.165) is 23.9 Å². The molecule has 1 aliphatic carbocycles. The SMILES string of the molecule is O=C([O-])c1ccccc1C(=O)NCc1ccc2[nH]c3c(c2c1)CCCC3. The summed E-state index contributed by atoms with van der Waals surface area (Å²) in [5, 5.41) is 15.2. The number of aromatic amines is 1. The second-order valence-electron chi connectivity index (χ2n) is 6.68. The minimum absolute atomic E-state index is 0.0971. The van der Waals surface area contributed by atoms with Gasteiger partial charge in [-0.15, -0.1) is 0 Å². The number of carbonyl (C=O) groups is 2. The number of carboxylic acids is 1. The van der Waals surface area contributed by atoms with Crippen LogP contribution in [0.2, 0.25) is 0 Å². The first-order valence-corrected chi connectivity index (χ1v) is 8.84. The normalized spacial score (nSPS) is 13.4. The first-order valence-electron chi connectivity index (χ1n) is 8.84. The van der Waals surface area contributed by atoms with Gasteiger partial charge in [-0.2, -0.15) is 0 Å². The fourth-order valence-corrected chi connectivity index (χ4v) is 3.70. The molecule has 2 aromatic carbocycles. The monoisotopic (exact) mass is 347 g/mol. The first kappa shape index (κ1) is 16.4. The highest BCUT2D eigenvalue weighted by molar-refractivity contribution is 6.04. The number of aromatic nitrogens is 1. The molecule has 3 aromatic rings. The number of nitrogens with one attached hydrogen (secondary N) is 2. The van der Waals surface area contributed by atoms with E-state index in [9.17, 15) is 14.7 Å². The first-order chi connectivity index (χ1) is 12.6. The molecule has 132 valence electrons. The molecule has 0 aliphatic heterocycles. The van der Waals surface area contributed by atoms with Gasteiger partial charge in [0.05, 0.1) is 5.97 Å². The van der Waals surface area contributed by atoms with Gasteiger partial charge < -0.3 is 20.2 Å². The van der Waals surface area contributed by atoms with E-state index in [1.165, 1.54) is 41.6 Å². The van der Waals surface area contributed by atoms with Gasteiger partial charge in [0.25, 0.3) is 5.91 Å². The van der Waals surface area contributed by atoms with Crippen molar-refractivity contribution in [1.82, 2.24) is 10.3 Å². The van der Waals surface area contributed by atoms with Crippen molar-refractivity contribution >= 4 is 22.8 Å². The van der Waals surface area contributed by atoms with Crippen LogP contribution in [0.1, 0.15) is 50.4 Å². The third-order valence-electron chi connectivity index (χ3n) is 5.01. The average Bonchev–Trinajstić information content (AvgIpc) is 3.04. The van der Waals surface area contributed by atoms with Crippen LogP contribution >= 0.6 is 0 Å². The van der Waals surface area contributed by atoms with Gasteiger partial charge in [0.15, 0.2) is 0 Å². The molecule has 2 N–H and O–H groups in total. The van der Waals surface area contributed by atoms with E-state index in [1.54, 1.807) is 12.1 Å². The van der Waals surface area contributed by atoms with Crippen LogP contribution in [0, 0.1) is 0 Å². The van der Waals surface area contributed by atoms with Crippen LogP contribution in [0.15, 0.2) is 42.5 Å². The minimum Gasteiger partial charge on any atom is -0.545 e. The summed E-state index contributed by atoms with van der Waals surface area (Å²) in [7, 11) is 0. The van der Waals surface area contributed by atoms with Crippen molar-refractivity contribution in [3.05, 3.63) is 70.4 Å². The molecule has 0 atom stereocenters. The Labute approximate surface area is 151 Å². The fraction of sp³-hybridized carbons (Fsp3) is 0.238. The number of hydrogen-bond donors (Lipinski definition) is 2. The maximum atomic E-state index is 12.4. The van der Waals surface area contributed by atoms with Crippen LogP contribution in [0.3, 0.4) is 0 Å². The van der Waals surface area contributed by atoms with Crippen molar-refractivity contribution in [3.63, 3.8) is 0 Å². The summed E-state index contributed by atoms with van der Waals surface area (Å²) in [6.07, 6.45) is 4.61. The molecule has 1 amide bonds. The number of rotatable bonds is 4. The number of carbonyl (C=O) groups excluding carboxylic acids is 2. The summed E-state index contributed by atoms with van der Waals surface area (Å²) in [6.45, 7) is 0.343. The van der Waals surface area contributed by atoms with Gasteiger partial charge in [-0.3, -0.25) is 4.79 Å². The van der Waals surface area contributed by atoms with E-state index in [1.807, 2.05) is 12.1 Å². The zero-order valence-electron chi connectivity index (χ0n) is 14.3. The van der Waals surface area contributed by atoms with E-state index in [4.69, 9.17) is 0 Å². The van der Waals surface area contributed by atoms with Crippen LogP contribution < -0.4 is 10.4 Å². The third kappa shape index (κ3) is 2.96. The zero-order chi connectivity index (χ0) is 18.1. The van der Waals surface area contributed by atoms with E-state index in [-0.39, 0.29) is 11.1 Å². The van der Waals surface area contributed by atoms with Crippen molar-refractivity contribution < 1.29 is 14.7 Å². The molecule has 0 spiro atoms. The van der Waals surface area contributed by atoms with Gasteiger partial charge in [-0.1, -0.05) is 24.3 Å². The van der Waals surface area contributed by atoms with E-state index >= 15 is 0 Å². The molecule has 0 radical (unpaired) electrons. The number of aromatic carboxylic acids is 1. The molecular weight excluding hydrogens is 328 g/mol. The van der Waals surface area contributed by atoms with Crippen molar-refractivity contribution in [3.8, 4) is 0 Å². The van der Waals surface area contributed by atoms with Crippen molar-refractivity contribution in [2.24, 2.45) is 0 Å². The highest BCUT2D eigenvalue weighted by Crippen LogP contribution is 2.29. The van der Waals surface area contributed by atoms with Gasteiger partial charge >= 0.3 is 0 Å². The number of benzene rings is 2. The van der Waals surface area contributed by atoms with Crippen molar-refractivity contribution in [1.29, 1.82) is 0 Å². The van der Waals surface area contributed by atoms with Crippen LogP contribution in [0.5, 0.6) is 0 Å². The van der Waals surface area contributed by atoms with E-state index in [2.05, 4.69) is 16.4 Å². The van der Waals surface area contributed by atoms with Gasteiger partial charge in [-0.25, -0.2) is 0 Å². The molecule has 0 fully saturated rings. The quantitative estimate of drug-likeness (QED) is 0.760. The lowest BCUT2D eigenvalue weighted by molar-refractivity contribution is -0.255. The number of fused-ring (bicyclic) bond motifs is 3. The summed E-state index contributed by atoms with van der Waals surface area (Å²) < 4.78 is 0. The Morgan fingerprint density at radius 1 is 1.04 bits per heavy atom. The summed E-state index contributed by atoms with van der Waals surface area (Å²) in [4.78, 5) is 27.0. The van der Waals surface area contributed by atoms with Crippen LogP contribution in [0.4, 0.5) is 0 Å². The van der Waals surface area contributed by atoms with Crippen molar-refractivity contribution in [2.75, 3.05) is 0 Å². The zero-order valence-corrected chi connectivity index (χ0v) is 14.3. The molecule has 5 heteroatoms. The second-order valence-corrected chi connectivity index (χ2v) is 6.68. The second kappa shape index (κ2) is 6.67. The smallest absolute Gasteiger partial charge is 0.252 e. The number of carboxylic acid groups (broad SMARTS) is 1. The van der Waals surface area contributed by atoms with Gasteiger partial charge in [0.2, 0.25) is 0 Å². The predicted molar refractivity (Wildman–Crippen MR) is 96.9 cm³/mol. The minimum atomic E-state index is -1.35. The molecule has 1 aromatic heterocycles. The highest BCUT2D eigenvalue weighted by Gasteiger charge is 2.16. The number of amides is 1. The molecule has 0 saturated heterocycles. The summed E-state index contributed by atoms with van der Waals surface area (Å²) in [5.74, 6) is -1.77. The lowest BCUT2D eigenvalue weighted by atomic mass is 9.95. The Hall–Kier alpha value is -3.08. The standard InChI is InChI=1S/C21H20N2O3/c24-20(15-6-1-2-7-16(15)21(25)26)22-12-13-9-10-19-17(11-13)14-5-3-4-8-18(14)23-19/h1-2,6-7,9-11,23H,3-5,8,12H2,(H,22,24)(H,25,26)/p-1. The topological polar surface area (TPSA) is 85.0 Å². The van der Waals surface area contributed by atoms with E-state index in [0.29, 0.717) is 6.54 Å². The van der Waals surface area contributed by atoms with Crippen LogP contribution in [0.25, 0.3) is 10.9 Å². The Morgan fingerprint density at radius 3 is 2.62 bits per heavy atom. The van der Waals surface area contributed by atoms with Crippen molar-refractivity contribution in [2.45, 2.75) is 32.2 Å². The average molecular weight is 347 g/mol. The molecule has 0 unspecified atom stereocenters. The highest BCUT2D eigenvalue weighted by atomic mass is 16.4. The molecular formula is C21H19N2O3-. The number of H-pyrrole nitrogens is 1. The largest absolute Gasteiger partial charge is 0.545 e. The van der Waals surface area contributed by atoms with Gasteiger partial charge in [0.1, 0.15) is 0 Å². The Kier molecular flexibility index (Phi) is 4.21. The molecule has 26 heavy (non-hydrogen) atoms. The lowest BCUT2D eigenvalue weighted by Crippen LogP contribution is -2.29. The predicted octanol–water partition coefficient (Wildman–Crippen LogP) is 2.34. The summed E-state index contributed by atoms with van der Waals surface area (Å²) >= 11 is 0. The lowest BCUT2D eigenvalue weighted by Gasteiger charge is -2.12. The number of aryl methyl sites for hydroxylation is 2. The fourth-order valence-electron chi connectivity index (χ4n) is 3.70. The maximum Gasteiger partial charge on any atom is 0.252 e. The Morgan fingerprint density at radius 2 is 1.81 bits per heavy atom. The third-order valence-corrected chi connectivity index (χ3v) is 5.01. The molecule has 4 rings (SSSR count). The molecule has 5 nitrogen and oxygen atoms in total. The van der Waals surface area contributed by atoms with Gasteiger partial charge in [-0.05, 0) is 55.0 Å². The Balaban J connectivity index is 1.55. The maximum absolute atomic E-state index is 12.4. The van der Waals surface area contributed by atoms with E-state index < -0.39 is 11.9 Å². The molecule has 1 heterocycles. The Bertz CT molecular complexity index is 1000. The molecule has 1 aliphatic rings. The van der Waals surface area contributed by atoms with Crippen LogP contribution in [-0.2, 0) is 19.4 Å². The summed E-state index contributed by atoms with van der Waals surface area (Å²) in [6, 6.07) is 12.2. The van der Waals surface area contributed by atoms with Gasteiger partial charge in [0, 0.05) is 34.3 Å². The number of hydrogen-bond acceptors (Lipinski definition) is 3. The van der Waals surface area contributed by atoms with Crippen LogP contribution in [-0.4, -0.2) is 16.9 Å². The molecule has 0 bridgehead atoms.